The number of aryl methyl sites for hydroxylation is 1. The molecule has 1 unspecified atom stereocenters. The summed E-state index contributed by atoms with van der Waals surface area (Å²) in [4.78, 5) is 28.0. The van der Waals surface area contributed by atoms with Gasteiger partial charge >= 0.3 is 12.0 Å². The van der Waals surface area contributed by atoms with Crippen LogP contribution in [0.2, 0.25) is 0 Å². The van der Waals surface area contributed by atoms with E-state index in [9.17, 15) is 9.59 Å². The Balaban J connectivity index is 1.99. The molecule has 2 rings (SSSR count). The molecular weight excluding hydrogens is 298 g/mol. The van der Waals surface area contributed by atoms with Crippen molar-refractivity contribution in [2.45, 2.75) is 19.9 Å². The van der Waals surface area contributed by atoms with Crippen molar-refractivity contribution in [2.24, 2.45) is 0 Å². The Morgan fingerprint density at radius 3 is 2.80 bits per heavy atom. The van der Waals surface area contributed by atoms with Gasteiger partial charge in [0.1, 0.15) is 10.0 Å². The fourth-order valence-corrected chi connectivity index (χ4v) is 3.09. The van der Waals surface area contributed by atoms with Gasteiger partial charge in [-0.05, 0) is 25.3 Å². The summed E-state index contributed by atoms with van der Waals surface area (Å²) in [6.45, 7) is 3.77. The smallest absolute Gasteiger partial charge is 0.338 e. The zero-order valence-corrected chi connectivity index (χ0v) is 12.5. The number of anilines is 1. The number of aromatic carboxylic acids is 1. The normalized spacial score (nSPS) is 11.9. The molecule has 1 atom stereocenters. The molecule has 2 aromatic rings. The van der Waals surface area contributed by atoms with E-state index >= 15 is 0 Å². The Bertz CT molecular complexity index is 635. The van der Waals surface area contributed by atoms with E-state index in [2.05, 4.69) is 15.6 Å². The van der Waals surface area contributed by atoms with Crippen molar-refractivity contribution in [1.29, 1.82) is 0 Å². The van der Waals surface area contributed by atoms with Crippen molar-refractivity contribution >= 4 is 39.7 Å². The van der Waals surface area contributed by atoms with Gasteiger partial charge in [0.2, 0.25) is 0 Å². The molecular formula is C12H13N3O3S2. The molecule has 2 aromatic heterocycles. The zero-order valence-electron chi connectivity index (χ0n) is 10.8. The highest BCUT2D eigenvalue weighted by Gasteiger charge is 2.16. The van der Waals surface area contributed by atoms with Crippen LogP contribution in [0.1, 0.15) is 33.2 Å². The Labute approximate surface area is 123 Å². The van der Waals surface area contributed by atoms with Crippen molar-refractivity contribution in [3.05, 3.63) is 33.1 Å². The van der Waals surface area contributed by atoms with E-state index in [0.29, 0.717) is 5.00 Å². The minimum Gasteiger partial charge on any atom is -0.478 e. The second kappa shape index (κ2) is 6.02. The fraction of sp³-hybridized carbons (Fsp3) is 0.250. The highest BCUT2D eigenvalue weighted by molar-refractivity contribution is 7.14. The molecule has 0 radical (unpaired) electrons. The lowest BCUT2D eigenvalue weighted by Crippen LogP contribution is -2.31. The highest BCUT2D eigenvalue weighted by atomic mass is 32.1. The molecule has 0 aliphatic heterocycles. The van der Waals surface area contributed by atoms with Gasteiger partial charge in [-0.2, -0.15) is 0 Å². The van der Waals surface area contributed by atoms with Crippen LogP contribution < -0.4 is 10.6 Å². The van der Waals surface area contributed by atoms with E-state index in [-0.39, 0.29) is 11.6 Å². The molecule has 2 amide bonds. The predicted molar refractivity (Wildman–Crippen MR) is 78.7 cm³/mol. The molecule has 0 bridgehead atoms. The number of hydrogen-bond acceptors (Lipinski definition) is 5. The first-order chi connectivity index (χ1) is 9.47. The van der Waals surface area contributed by atoms with Crippen molar-refractivity contribution < 1.29 is 14.7 Å². The summed E-state index contributed by atoms with van der Waals surface area (Å²) < 4.78 is 0. The number of rotatable bonds is 4. The number of carbonyl (C=O) groups excluding carboxylic acids is 1. The zero-order chi connectivity index (χ0) is 14.7. The molecule has 2 heterocycles. The van der Waals surface area contributed by atoms with Crippen LogP contribution in [0.3, 0.4) is 0 Å². The Morgan fingerprint density at radius 2 is 2.20 bits per heavy atom. The van der Waals surface area contributed by atoms with E-state index in [1.807, 2.05) is 13.8 Å². The minimum atomic E-state index is -1.06. The number of carboxylic acid groups (broad SMARTS) is 1. The molecule has 0 fully saturated rings. The van der Waals surface area contributed by atoms with Crippen LogP contribution in [0.25, 0.3) is 0 Å². The Hall–Kier alpha value is -1.93. The van der Waals surface area contributed by atoms with Crippen molar-refractivity contribution in [3.8, 4) is 0 Å². The third-order valence-electron chi connectivity index (χ3n) is 2.48. The molecule has 20 heavy (non-hydrogen) atoms. The summed E-state index contributed by atoms with van der Waals surface area (Å²) >= 11 is 2.68. The average Bonchev–Trinajstić information content (AvgIpc) is 2.97. The lowest BCUT2D eigenvalue weighted by molar-refractivity contribution is 0.0698. The predicted octanol–water partition coefficient (Wildman–Crippen LogP) is 3.09. The molecule has 6 nitrogen and oxygen atoms in total. The third-order valence-corrected chi connectivity index (χ3v) is 4.41. The number of hydrogen-bond donors (Lipinski definition) is 3. The first-order valence-electron chi connectivity index (χ1n) is 5.78. The minimum absolute atomic E-state index is 0.0860. The summed E-state index contributed by atoms with van der Waals surface area (Å²) in [5, 5.41) is 17.0. The lowest BCUT2D eigenvalue weighted by atomic mass is 10.3. The van der Waals surface area contributed by atoms with Crippen LogP contribution in [0.5, 0.6) is 0 Å². The SMILES string of the molecule is Cc1cnc(C(C)NC(=O)Nc2sccc2C(=O)O)s1. The average molecular weight is 311 g/mol. The van der Waals surface area contributed by atoms with Gasteiger partial charge in [0.05, 0.1) is 11.6 Å². The topological polar surface area (TPSA) is 91.3 Å². The van der Waals surface area contributed by atoms with Gasteiger partial charge in [-0.3, -0.25) is 5.32 Å². The van der Waals surface area contributed by atoms with E-state index < -0.39 is 12.0 Å². The fourth-order valence-electron chi connectivity index (χ4n) is 1.54. The standard InChI is InChI=1S/C12H13N3O3S2/c1-6-5-13-9(20-6)7(2)14-12(18)15-10-8(11(16)17)3-4-19-10/h3-5,7H,1-2H3,(H,16,17)(H2,14,15,18). The Kier molecular flexibility index (Phi) is 4.35. The van der Waals surface area contributed by atoms with Gasteiger partial charge < -0.3 is 10.4 Å². The monoisotopic (exact) mass is 311 g/mol. The van der Waals surface area contributed by atoms with Gasteiger partial charge in [0.25, 0.3) is 0 Å². The number of carbonyl (C=O) groups is 2. The maximum Gasteiger partial charge on any atom is 0.338 e. The van der Waals surface area contributed by atoms with Gasteiger partial charge in [0, 0.05) is 11.1 Å². The Morgan fingerprint density at radius 1 is 1.45 bits per heavy atom. The number of amides is 2. The molecule has 3 N–H and O–H groups in total. The summed E-state index contributed by atoms with van der Waals surface area (Å²) in [7, 11) is 0. The lowest BCUT2D eigenvalue weighted by Gasteiger charge is -2.11. The number of aromatic nitrogens is 1. The highest BCUT2D eigenvalue weighted by Crippen LogP contribution is 2.23. The van der Waals surface area contributed by atoms with Gasteiger partial charge in [-0.25, -0.2) is 14.6 Å². The van der Waals surface area contributed by atoms with Crippen LogP contribution in [0.4, 0.5) is 9.80 Å². The van der Waals surface area contributed by atoms with Crippen LogP contribution in [-0.2, 0) is 0 Å². The second-order valence-corrected chi connectivity index (χ2v) is 6.28. The largest absolute Gasteiger partial charge is 0.478 e. The van der Waals surface area contributed by atoms with E-state index in [1.165, 1.54) is 28.7 Å². The maximum absolute atomic E-state index is 11.8. The molecule has 106 valence electrons. The first kappa shape index (κ1) is 14.5. The number of thiophene rings is 1. The number of thiazole rings is 1. The first-order valence-corrected chi connectivity index (χ1v) is 7.47. The van der Waals surface area contributed by atoms with Crippen LogP contribution in [0, 0.1) is 6.92 Å². The van der Waals surface area contributed by atoms with E-state index in [0.717, 1.165) is 9.88 Å². The number of nitrogens with one attached hydrogen (secondary N) is 2. The number of nitrogens with zero attached hydrogens (tertiary/aromatic N) is 1. The van der Waals surface area contributed by atoms with Crippen molar-refractivity contribution in [3.63, 3.8) is 0 Å². The summed E-state index contributed by atoms with van der Waals surface area (Å²) in [5.74, 6) is -1.06. The molecule has 8 heteroatoms. The molecule has 0 aromatic carbocycles. The maximum atomic E-state index is 11.8. The van der Waals surface area contributed by atoms with E-state index in [1.54, 1.807) is 11.6 Å². The molecule has 0 spiro atoms. The quantitative estimate of drug-likeness (QED) is 0.809. The number of urea groups is 1. The molecule has 0 aliphatic carbocycles. The molecule has 0 aliphatic rings. The second-order valence-electron chi connectivity index (χ2n) is 4.10. The van der Waals surface area contributed by atoms with E-state index in [4.69, 9.17) is 5.11 Å². The van der Waals surface area contributed by atoms with Crippen molar-refractivity contribution in [1.82, 2.24) is 10.3 Å². The van der Waals surface area contributed by atoms with Gasteiger partial charge in [0.15, 0.2) is 0 Å². The summed E-state index contributed by atoms with van der Waals surface area (Å²) in [5.41, 5.74) is 0.0860. The van der Waals surface area contributed by atoms with Crippen LogP contribution in [-0.4, -0.2) is 22.1 Å². The summed E-state index contributed by atoms with van der Waals surface area (Å²) in [6.07, 6.45) is 1.75. The number of carboxylic acids is 1. The summed E-state index contributed by atoms with van der Waals surface area (Å²) in [6, 6.07) is 0.771. The van der Waals surface area contributed by atoms with Gasteiger partial charge in [-0.15, -0.1) is 22.7 Å². The third kappa shape index (κ3) is 3.34. The van der Waals surface area contributed by atoms with Crippen molar-refractivity contribution in [2.75, 3.05) is 5.32 Å². The van der Waals surface area contributed by atoms with Crippen LogP contribution >= 0.6 is 22.7 Å². The molecule has 0 saturated heterocycles. The van der Waals surface area contributed by atoms with Gasteiger partial charge in [-0.1, -0.05) is 0 Å². The molecule has 0 saturated carbocycles. The van der Waals surface area contributed by atoms with Crippen LogP contribution in [0.15, 0.2) is 17.6 Å².